The second kappa shape index (κ2) is 7.13. The Morgan fingerprint density at radius 1 is 1.08 bits per heavy atom. The van der Waals surface area contributed by atoms with Crippen molar-refractivity contribution in [3.8, 4) is 0 Å². The molecule has 6 heteroatoms. The van der Waals surface area contributed by atoms with E-state index in [0.29, 0.717) is 19.8 Å². The molecule has 1 aromatic rings. The summed E-state index contributed by atoms with van der Waals surface area (Å²) in [6, 6.07) is 10.1. The fraction of sp³-hybridized carbons (Fsp3) is 0.500. The van der Waals surface area contributed by atoms with E-state index in [1.807, 2.05) is 18.2 Å². The Hall–Kier alpha value is -2.21. The van der Waals surface area contributed by atoms with Crippen LogP contribution in [0.25, 0.3) is 0 Å². The van der Waals surface area contributed by atoms with Crippen LogP contribution in [0.15, 0.2) is 30.3 Å². The van der Waals surface area contributed by atoms with Crippen molar-refractivity contribution in [1.29, 1.82) is 0 Å². The van der Waals surface area contributed by atoms with Crippen molar-refractivity contribution in [2.45, 2.75) is 31.1 Å². The molecule has 2 saturated heterocycles. The van der Waals surface area contributed by atoms with Crippen molar-refractivity contribution in [2.24, 2.45) is 0 Å². The van der Waals surface area contributed by atoms with Crippen LogP contribution in [0, 0.1) is 0 Å². The van der Waals surface area contributed by atoms with Gasteiger partial charge in [-0.3, -0.25) is 19.3 Å². The third-order valence-corrected chi connectivity index (χ3v) is 4.92. The monoisotopic (exact) mass is 330 g/mol. The molecule has 0 aromatic heterocycles. The zero-order valence-electron chi connectivity index (χ0n) is 13.6. The van der Waals surface area contributed by atoms with Crippen molar-refractivity contribution in [3.63, 3.8) is 0 Å². The predicted molar refractivity (Wildman–Crippen MR) is 87.1 cm³/mol. The maximum absolute atomic E-state index is 12.2. The van der Waals surface area contributed by atoms with Gasteiger partial charge in [0.05, 0.1) is 0 Å². The van der Waals surface area contributed by atoms with Gasteiger partial charge in [0.1, 0.15) is 6.54 Å². The second-order valence-corrected chi connectivity index (χ2v) is 6.41. The molecule has 128 valence electrons. The number of nitrogens with zero attached hydrogens (tertiary/aromatic N) is 1. The van der Waals surface area contributed by atoms with Gasteiger partial charge in [0.25, 0.3) is 0 Å². The minimum absolute atomic E-state index is 0.159. The van der Waals surface area contributed by atoms with E-state index in [1.54, 1.807) is 0 Å². The largest absolute Gasteiger partial charge is 0.381 e. The third-order valence-electron chi connectivity index (χ3n) is 4.92. The Bertz CT molecular complexity index is 607. The zero-order valence-corrected chi connectivity index (χ0v) is 13.6. The minimum atomic E-state index is -0.291. The lowest BCUT2D eigenvalue weighted by molar-refractivity contribution is -0.142. The van der Waals surface area contributed by atoms with Crippen LogP contribution in [0.3, 0.4) is 0 Å². The van der Waals surface area contributed by atoms with Gasteiger partial charge in [0, 0.05) is 38.0 Å². The highest BCUT2D eigenvalue weighted by Crippen LogP contribution is 2.34. The van der Waals surface area contributed by atoms with Gasteiger partial charge in [0.2, 0.25) is 17.7 Å². The Labute approximate surface area is 141 Å². The first-order valence-corrected chi connectivity index (χ1v) is 8.34. The maximum Gasteiger partial charge on any atom is 0.240 e. The number of carbonyl (C=O) groups is 3. The van der Waals surface area contributed by atoms with E-state index >= 15 is 0 Å². The van der Waals surface area contributed by atoms with Crippen molar-refractivity contribution in [2.75, 3.05) is 26.3 Å². The second-order valence-electron chi connectivity index (χ2n) is 6.41. The van der Waals surface area contributed by atoms with Crippen LogP contribution < -0.4 is 5.32 Å². The lowest BCUT2D eigenvalue weighted by atomic mass is 9.74. The average Bonchev–Trinajstić information content (AvgIpc) is 2.93. The number of amides is 3. The smallest absolute Gasteiger partial charge is 0.240 e. The molecule has 0 bridgehead atoms. The van der Waals surface area contributed by atoms with Crippen LogP contribution in [-0.4, -0.2) is 48.9 Å². The Morgan fingerprint density at radius 2 is 1.71 bits per heavy atom. The molecule has 1 N–H and O–H groups in total. The molecule has 2 fully saturated rings. The Kier molecular flexibility index (Phi) is 4.94. The number of imide groups is 1. The van der Waals surface area contributed by atoms with E-state index in [0.717, 1.165) is 17.7 Å². The molecule has 2 aliphatic heterocycles. The van der Waals surface area contributed by atoms with Crippen molar-refractivity contribution in [3.05, 3.63) is 35.9 Å². The first kappa shape index (κ1) is 16.6. The number of carbonyl (C=O) groups excluding carboxylic acids is 3. The van der Waals surface area contributed by atoms with Crippen molar-refractivity contribution in [1.82, 2.24) is 10.2 Å². The molecule has 3 amide bonds. The number of nitrogens with one attached hydrogen (secondary N) is 1. The van der Waals surface area contributed by atoms with Gasteiger partial charge in [-0.25, -0.2) is 0 Å². The van der Waals surface area contributed by atoms with Crippen LogP contribution in [0.2, 0.25) is 0 Å². The van der Waals surface area contributed by atoms with Gasteiger partial charge in [0.15, 0.2) is 0 Å². The number of ether oxygens (including phenoxy) is 1. The van der Waals surface area contributed by atoms with Crippen LogP contribution in [-0.2, 0) is 24.5 Å². The SMILES string of the molecule is O=C(CN1C(=O)CCC1=O)NCC1(c2ccccc2)CCOCC1. The number of rotatable bonds is 5. The highest BCUT2D eigenvalue weighted by Gasteiger charge is 2.35. The summed E-state index contributed by atoms with van der Waals surface area (Å²) in [7, 11) is 0. The molecule has 0 aliphatic carbocycles. The molecule has 0 unspecified atom stereocenters. The summed E-state index contributed by atoms with van der Waals surface area (Å²) in [6.07, 6.45) is 2.08. The average molecular weight is 330 g/mol. The molecule has 0 atom stereocenters. The highest BCUT2D eigenvalue weighted by atomic mass is 16.5. The van der Waals surface area contributed by atoms with Crippen molar-refractivity contribution < 1.29 is 19.1 Å². The van der Waals surface area contributed by atoms with E-state index in [1.165, 1.54) is 5.56 Å². The van der Waals surface area contributed by atoms with Gasteiger partial charge in [-0.1, -0.05) is 30.3 Å². The van der Waals surface area contributed by atoms with Gasteiger partial charge in [-0.2, -0.15) is 0 Å². The maximum atomic E-state index is 12.2. The van der Waals surface area contributed by atoms with Gasteiger partial charge < -0.3 is 10.1 Å². The summed E-state index contributed by atoms with van der Waals surface area (Å²) in [5.74, 6) is -0.821. The minimum Gasteiger partial charge on any atom is -0.381 e. The molecule has 0 saturated carbocycles. The predicted octanol–water partition coefficient (Wildman–Crippen LogP) is 1.00. The van der Waals surface area contributed by atoms with Gasteiger partial charge >= 0.3 is 0 Å². The molecule has 24 heavy (non-hydrogen) atoms. The molecule has 2 aliphatic rings. The van der Waals surface area contributed by atoms with E-state index in [9.17, 15) is 14.4 Å². The van der Waals surface area contributed by atoms with E-state index in [-0.39, 0.29) is 42.5 Å². The van der Waals surface area contributed by atoms with E-state index < -0.39 is 0 Å². The molecule has 6 nitrogen and oxygen atoms in total. The van der Waals surface area contributed by atoms with Crippen LogP contribution in [0.1, 0.15) is 31.2 Å². The zero-order chi connectivity index (χ0) is 17.0. The van der Waals surface area contributed by atoms with Crippen LogP contribution >= 0.6 is 0 Å². The van der Waals surface area contributed by atoms with Crippen LogP contribution in [0.4, 0.5) is 0 Å². The lowest BCUT2D eigenvalue weighted by Gasteiger charge is -2.38. The van der Waals surface area contributed by atoms with E-state index in [4.69, 9.17) is 4.74 Å². The summed E-state index contributed by atoms with van der Waals surface area (Å²) in [5, 5.41) is 2.92. The van der Waals surface area contributed by atoms with E-state index in [2.05, 4.69) is 17.4 Å². The number of benzene rings is 1. The fourth-order valence-electron chi connectivity index (χ4n) is 3.39. The molecule has 3 rings (SSSR count). The summed E-state index contributed by atoms with van der Waals surface area (Å²) < 4.78 is 5.48. The summed E-state index contributed by atoms with van der Waals surface area (Å²) in [5.41, 5.74) is 1.02. The third kappa shape index (κ3) is 3.48. The Morgan fingerprint density at radius 3 is 2.33 bits per heavy atom. The number of hydrogen-bond donors (Lipinski definition) is 1. The molecule has 2 heterocycles. The van der Waals surface area contributed by atoms with Gasteiger partial charge in [-0.05, 0) is 18.4 Å². The Balaban J connectivity index is 1.64. The highest BCUT2D eigenvalue weighted by molar-refractivity contribution is 6.04. The topological polar surface area (TPSA) is 75.7 Å². The van der Waals surface area contributed by atoms with Crippen LogP contribution in [0.5, 0.6) is 0 Å². The summed E-state index contributed by atoms with van der Waals surface area (Å²) in [6.45, 7) is 1.62. The van der Waals surface area contributed by atoms with Gasteiger partial charge in [-0.15, -0.1) is 0 Å². The number of hydrogen-bond acceptors (Lipinski definition) is 4. The quantitative estimate of drug-likeness (QED) is 0.817. The first-order chi connectivity index (χ1) is 11.6. The molecule has 0 radical (unpaired) electrons. The first-order valence-electron chi connectivity index (χ1n) is 8.34. The summed E-state index contributed by atoms with van der Waals surface area (Å²) >= 11 is 0. The molecular weight excluding hydrogens is 308 g/mol. The van der Waals surface area contributed by atoms with Crippen molar-refractivity contribution >= 4 is 17.7 Å². The standard InChI is InChI=1S/C18H22N2O4/c21-15(12-20-16(22)6-7-17(20)23)19-13-18(8-10-24-11-9-18)14-4-2-1-3-5-14/h1-5H,6-13H2,(H,19,21). The summed E-state index contributed by atoms with van der Waals surface area (Å²) in [4.78, 5) is 36.5. The molecular formula is C18H22N2O4. The fourth-order valence-corrected chi connectivity index (χ4v) is 3.39. The lowest BCUT2D eigenvalue weighted by Crippen LogP contribution is -2.47. The number of likely N-dealkylation sites (tertiary alicyclic amines) is 1. The molecule has 0 spiro atoms. The normalized spacial score (nSPS) is 20.2. The molecule has 1 aromatic carbocycles.